The van der Waals surface area contributed by atoms with Gasteiger partial charge in [-0.15, -0.1) is 0 Å². The lowest BCUT2D eigenvalue weighted by Gasteiger charge is -2.10. The number of hydrogen-bond donors (Lipinski definition) is 3. The van der Waals surface area contributed by atoms with E-state index in [2.05, 4.69) is 27.8 Å². The largest absolute Gasteiger partial charge is 0.361 e. The van der Waals surface area contributed by atoms with Crippen LogP contribution < -0.4 is 10.6 Å². The van der Waals surface area contributed by atoms with Gasteiger partial charge in [-0.1, -0.05) is 18.2 Å². The van der Waals surface area contributed by atoms with Gasteiger partial charge < -0.3 is 15.6 Å². The van der Waals surface area contributed by atoms with Gasteiger partial charge in [0.05, 0.1) is 0 Å². The number of hydrogen-bond acceptors (Lipinski definition) is 2. The third-order valence-corrected chi connectivity index (χ3v) is 3.72. The van der Waals surface area contributed by atoms with Crippen LogP contribution in [0.2, 0.25) is 0 Å². The molecule has 1 aromatic heterocycles. The molecule has 2 aromatic rings. The zero-order valence-electron chi connectivity index (χ0n) is 10.9. The SMILES string of the molecule is O=C(CCc1c[nH]c2ccccc12)NC1CCNC1. The van der Waals surface area contributed by atoms with Crippen molar-refractivity contribution in [2.24, 2.45) is 0 Å². The highest BCUT2D eigenvalue weighted by Gasteiger charge is 2.16. The van der Waals surface area contributed by atoms with E-state index in [0.717, 1.165) is 31.4 Å². The minimum Gasteiger partial charge on any atom is -0.361 e. The summed E-state index contributed by atoms with van der Waals surface area (Å²) in [6, 6.07) is 8.52. The molecule has 1 aromatic carbocycles. The summed E-state index contributed by atoms with van der Waals surface area (Å²) in [5, 5.41) is 7.55. The molecule has 1 atom stereocenters. The number of aryl methyl sites for hydroxylation is 1. The Labute approximate surface area is 112 Å². The summed E-state index contributed by atoms with van der Waals surface area (Å²) in [6.07, 6.45) is 4.39. The van der Waals surface area contributed by atoms with Gasteiger partial charge in [-0.25, -0.2) is 0 Å². The summed E-state index contributed by atoms with van der Waals surface area (Å²) >= 11 is 0. The lowest BCUT2D eigenvalue weighted by molar-refractivity contribution is -0.121. The molecule has 3 N–H and O–H groups in total. The topological polar surface area (TPSA) is 56.9 Å². The van der Waals surface area contributed by atoms with Crippen LogP contribution in [-0.2, 0) is 11.2 Å². The van der Waals surface area contributed by atoms with Crippen molar-refractivity contribution < 1.29 is 4.79 Å². The number of carbonyl (C=O) groups is 1. The summed E-state index contributed by atoms with van der Waals surface area (Å²) in [4.78, 5) is 15.1. The van der Waals surface area contributed by atoms with E-state index in [4.69, 9.17) is 0 Å². The average Bonchev–Trinajstić information content (AvgIpc) is 3.05. The Morgan fingerprint density at radius 1 is 1.37 bits per heavy atom. The van der Waals surface area contributed by atoms with Crippen molar-refractivity contribution in [3.8, 4) is 0 Å². The molecule has 1 fully saturated rings. The molecule has 1 saturated heterocycles. The quantitative estimate of drug-likeness (QED) is 0.779. The van der Waals surface area contributed by atoms with Gasteiger partial charge in [0.1, 0.15) is 0 Å². The molecule has 4 nitrogen and oxygen atoms in total. The molecular weight excluding hydrogens is 238 g/mol. The molecule has 0 saturated carbocycles. The van der Waals surface area contributed by atoms with Crippen molar-refractivity contribution in [3.63, 3.8) is 0 Å². The first-order chi connectivity index (χ1) is 9.33. The summed E-state index contributed by atoms with van der Waals surface area (Å²) in [5.74, 6) is 0.152. The van der Waals surface area contributed by atoms with Gasteiger partial charge in [-0.3, -0.25) is 4.79 Å². The lowest BCUT2D eigenvalue weighted by atomic mass is 10.1. The first-order valence-electron chi connectivity index (χ1n) is 6.88. The van der Waals surface area contributed by atoms with E-state index in [1.807, 2.05) is 18.3 Å². The Hall–Kier alpha value is -1.81. The molecule has 1 unspecified atom stereocenters. The molecule has 3 rings (SSSR count). The van der Waals surface area contributed by atoms with E-state index < -0.39 is 0 Å². The first kappa shape index (κ1) is 12.2. The Kier molecular flexibility index (Phi) is 3.51. The van der Waals surface area contributed by atoms with E-state index >= 15 is 0 Å². The van der Waals surface area contributed by atoms with Gasteiger partial charge in [-0.2, -0.15) is 0 Å². The fourth-order valence-electron chi connectivity index (χ4n) is 2.66. The van der Waals surface area contributed by atoms with Gasteiger partial charge >= 0.3 is 0 Å². The summed E-state index contributed by atoms with van der Waals surface area (Å²) in [6.45, 7) is 1.91. The number of H-pyrrole nitrogens is 1. The predicted octanol–water partition coefficient (Wildman–Crippen LogP) is 1.58. The molecular formula is C15H19N3O. The second-order valence-corrected chi connectivity index (χ2v) is 5.12. The number of aromatic nitrogens is 1. The van der Waals surface area contributed by atoms with E-state index in [9.17, 15) is 4.79 Å². The van der Waals surface area contributed by atoms with E-state index in [1.165, 1.54) is 10.9 Å². The normalized spacial score (nSPS) is 18.8. The van der Waals surface area contributed by atoms with Crippen LogP contribution >= 0.6 is 0 Å². The second kappa shape index (κ2) is 5.45. The molecule has 0 spiro atoms. The van der Waals surface area contributed by atoms with Crippen molar-refractivity contribution in [1.29, 1.82) is 0 Å². The van der Waals surface area contributed by atoms with Crippen LogP contribution in [0.5, 0.6) is 0 Å². The van der Waals surface area contributed by atoms with Crippen LogP contribution in [0.4, 0.5) is 0 Å². The molecule has 0 radical (unpaired) electrons. The second-order valence-electron chi connectivity index (χ2n) is 5.12. The highest BCUT2D eigenvalue weighted by atomic mass is 16.1. The van der Waals surface area contributed by atoms with Gasteiger partial charge in [0.25, 0.3) is 0 Å². The Balaban J connectivity index is 1.58. The lowest BCUT2D eigenvalue weighted by Crippen LogP contribution is -2.36. The average molecular weight is 257 g/mol. The third-order valence-electron chi connectivity index (χ3n) is 3.72. The van der Waals surface area contributed by atoms with Gasteiger partial charge in [-0.05, 0) is 31.0 Å². The molecule has 0 aliphatic carbocycles. The number of amides is 1. The number of rotatable bonds is 4. The van der Waals surface area contributed by atoms with Crippen LogP contribution in [0, 0.1) is 0 Å². The fraction of sp³-hybridized carbons (Fsp3) is 0.400. The van der Waals surface area contributed by atoms with Crippen LogP contribution in [0.15, 0.2) is 30.5 Å². The number of benzene rings is 1. The molecule has 1 amide bonds. The van der Waals surface area contributed by atoms with Crippen LogP contribution in [0.3, 0.4) is 0 Å². The number of nitrogens with one attached hydrogen (secondary N) is 3. The Bertz CT molecular complexity index is 570. The summed E-state index contributed by atoms with van der Waals surface area (Å²) < 4.78 is 0. The summed E-state index contributed by atoms with van der Waals surface area (Å²) in [7, 11) is 0. The maximum Gasteiger partial charge on any atom is 0.220 e. The van der Waals surface area contributed by atoms with Crippen molar-refractivity contribution >= 4 is 16.8 Å². The van der Waals surface area contributed by atoms with Gasteiger partial charge in [0.2, 0.25) is 5.91 Å². The number of fused-ring (bicyclic) bond motifs is 1. The zero-order valence-corrected chi connectivity index (χ0v) is 10.9. The maximum atomic E-state index is 11.9. The highest BCUT2D eigenvalue weighted by molar-refractivity contribution is 5.84. The van der Waals surface area contributed by atoms with Crippen molar-refractivity contribution in [3.05, 3.63) is 36.0 Å². The monoisotopic (exact) mass is 257 g/mol. The molecule has 100 valence electrons. The number of carbonyl (C=O) groups excluding carboxylic acids is 1. The van der Waals surface area contributed by atoms with Gasteiger partial charge in [0.15, 0.2) is 0 Å². The Morgan fingerprint density at radius 3 is 3.11 bits per heavy atom. The van der Waals surface area contributed by atoms with E-state index in [0.29, 0.717) is 12.5 Å². The smallest absolute Gasteiger partial charge is 0.220 e. The van der Waals surface area contributed by atoms with E-state index in [1.54, 1.807) is 0 Å². The zero-order chi connectivity index (χ0) is 13.1. The first-order valence-corrected chi connectivity index (χ1v) is 6.88. The number of aromatic amines is 1. The van der Waals surface area contributed by atoms with E-state index in [-0.39, 0.29) is 5.91 Å². The third kappa shape index (κ3) is 2.79. The minimum atomic E-state index is 0.152. The number of para-hydroxylation sites is 1. The molecule has 1 aliphatic heterocycles. The van der Waals surface area contributed by atoms with Crippen molar-refractivity contribution in [1.82, 2.24) is 15.6 Å². The molecule has 2 heterocycles. The van der Waals surface area contributed by atoms with Crippen molar-refractivity contribution in [2.45, 2.75) is 25.3 Å². The predicted molar refractivity (Wildman–Crippen MR) is 76.0 cm³/mol. The minimum absolute atomic E-state index is 0.152. The van der Waals surface area contributed by atoms with Crippen LogP contribution in [0.1, 0.15) is 18.4 Å². The molecule has 4 heteroatoms. The van der Waals surface area contributed by atoms with Crippen LogP contribution in [-0.4, -0.2) is 30.0 Å². The highest BCUT2D eigenvalue weighted by Crippen LogP contribution is 2.18. The van der Waals surface area contributed by atoms with Crippen LogP contribution in [0.25, 0.3) is 10.9 Å². The molecule has 0 bridgehead atoms. The summed E-state index contributed by atoms with van der Waals surface area (Å²) in [5.41, 5.74) is 2.35. The van der Waals surface area contributed by atoms with Crippen molar-refractivity contribution in [2.75, 3.05) is 13.1 Å². The fourth-order valence-corrected chi connectivity index (χ4v) is 2.66. The maximum absolute atomic E-state index is 11.9. The standard InChI is InChI=1S/C15H19N3O/c19-15(18-12-7-8-16-10-12)6-5-11-9-17-14-4-2-1-3-13(11)14/h1-4,9,12,16-17H,5-8,10H2,(H,18,19). The Morgan fingerprint density at radius 2 is 2.26 bits per heavy atom. The molecule has 19 heavy (non-hydrogen) atoms. The molecule has 1 aliphatic rings. The van der Waals surface area contributed by atoms with Gasteiger partial charge in [0, 0.05) is 36.1 Å².